The van der Waals surface area contributed by atoms with Gasteiger partial charge in [0, 0.05) is 6.61 Å². The first-order valence-electron chi connectivity index (χ1n) is 4.56. The molecule has 1 rings (SSSR count). The van der Waals surface area contributed by atoms with E-state index < -0.39 is 5.91 Å². The van der Waals surface area contributed by atoms with Crippen molar-refractivity contribution in [2.45, 2.75) is 12.2 Å². The van der Waals surface area contributed by atoms with Crippen LogP contribution in [-0.2, 0) is 5.75 Å². The van der Waals surface area contributed by atoms with Gasteiger partial charge in [-0.2, -0.15) is 11.8 Å². The molecule has 4 N–H and O–H groups in total. The van der Waals surface area contributed by atoms with E-state index in [-0.39, 0.29) is 12.4 Å². The van der Waals surface area contributed by atoms with Crippen LogP contribution in [0, 0.1) is 0 Å². The molecule has 0 bridgehead atoms. The lowest BCUT2D eigenvalue weighted by atomic mass is 10.4. The number of carbonyl (C=O) groups excluding carboxylic acids is 1. The van der Waals surface area contributed by atoms with Gasteiger partial charge in [-0.25, -0.2) is 5.84 Å². The molecule has 0 radical (unpaired) electrons. The predicted octanol–water partition coefficient (Wildman–Crippen LogP) is 0.499. The van der Waals surface area contributed by atoms with E-state index in [1.807, 2.05) is 5.43 Å². The van der Waals surface area contributed by atoms with E-state index in [0.29, 0.717) is 5.75 Å². The number of rotatable bonds is 6. The number of nitrogens with two attached hydrogens (primary N) is 1. The fourth-order valence-corrected chi connectivity index (χ4v) is 1.82. The van der Waals surface area contributed by atoms with Gasteiger partial charge < -0.3 is 9.52 Å². The predicted molar refractivity (Wildman–Crippen MR) is 58.2 cm³/mol. The van der Waals surface area contributed by atoms with E-state index in [1.54, 1.807) is 23.9 Å². The van der Waals surface area contributed by atoms with Gasteiger partial charge in [-0.3, -0.25) is 10.2 Å². The Morgan fingerprint density at radius 1 is 1.60 bits per heavy atom. The van der Waals surface area contributed by atoms with Crippen molar-refractivity contribution in [1.29, 1.82) is 0 Å². The van der Waals surface area contributed by atoms with Crippen LogP contribution in [0.15, 0.2) is 16.5 Å². The molecule has 1 aromatic rings. The zero-order valence-electron chi connectivity index (χ0n) is 8.23. The Morgan fingerprint density at radius 2 is 2.40 bits per heavy atom. The van der Waals surface area contributed by atoms with Gasteiger partial charge in [-0.05, 0) is 24.3 Å². The van der Waals surface area contributed by atoms with Crippen LogP contribution >= 0.6 is 11.8 Å². The largest absolute Gasteiger partial charge is 0.455 e. The molecule has 84 valence electrons. The van der Waals surface area contributed by atoms with Crippen LogP contribution in [-0.4, -0.2) is 23.4 Å². The first kappa shape index (κ1) is 12.1. The summed E-state index contributed by atoms with van der Waals surface area (Å²) in [6.07, 6.45) is 0.765. The lowest BCUT2D eigenvalue weighted by Crippen LogP contribution is -2.29. The number of nitrogen functional groups attached to an aromatic ring is 1. The molecule has 0 spiro atoms. The maximum absolute atomic E-state index is 11.0. The van der Waals surface area contributed by atoms with Crippen molar-refractivity contribution in [3.63, 3.8) is 0 Å². The Kier molecular flexibility index (Phi) is 5.23. The molecule has 0 aliphatic heterocycles. The van der Waals surface area contributed by atoms with Gasteiger partial charge in [0.2, 0.25) is 0 Å². The number of hydrogen-bond acceptors (Lipinski definition) is 5. The first-order valence-corrected chi connectivity index (χ1v) is 5.71. The smallest absolute Gasteiger partial charge is 0.300 e. The van der Waals surface area contributed by atoms with Crippen molar-refractivity contribution in [2.24, 2.45) is 5.84 Å². The number of aliphatic hydroxyl groups is 1. The number of nitrogens with one attached hydrogen (secondary N) is 1. The molecular formula is C9H14N2O3S. The van der Waals surface area contributed by atoms with Gasteiger partial charge in [0.15, 0.2) is 5.76 Å². The molecule has 0 atom stereocenters. The number of hydrogen-bond donors (Lipinski definition) is 3. The highest BCUT2D eigenvalue weighted by Gasteiger charge is 2.08. The zero-order chi connectivity index (χ0) is 11.1. The maximum Gasteiger partial charge on any atom is 0.300 e. The molecule has 0 saturated heterocycles. The van der Waals surface area contributed by atoms with E-state index in [9.17, 15) is 4.79 Å². The minimum atomic E-state index is -0.429. The van der Waals surface area contributed by atoms with Crippen molar-refractivity contribution in [2.75, 3.05) is 12.4 Å². The third kappa shape index (κ3) is 3.94. The standard InChI is InChI=1S/C9H14N2O3S/c10-11-9(13)8-3-2-7(14-8)6-15-5-1-4-12/h2-3,12H,1,4-6,10H2,(H,11,13). The van der Waals surface area contributed by atoms with Gasteiger partial charge >= 0.3 is 5.91 Å². The van der Waals surface area contributed by atoms with E-state index in [2.05, 4.69) is 0 Å². The van der Waals surface area contributed by atoms with Crippen molar-refractivity contribution in [1.82, 2.24) is 5.43 Å². The third-order valence-electron chi connectivity index (χ3n) is 1.71. The van der Waals surface area contributed by atoms with Gasteiger partial charge in [0.1, 0.15) is 5.76 Å². The Bertz CT molecular complexity index is 314. The summed E-state index contributed by atoms with van der Waals surface area (Å²) in [7, 11) is 0. The normalized spacial score (nSPS) is 10.3. The number of thioether (sulfide) groups is 1. The van der Waals surface area contributed by atoms with Crippen LogP contribution in [0.1, 0.15) is 22.7 Å². The second-order valence-corrected chi connectivity index (χ2v) is 3.97. The van der Waals surface area contributed by atoms with Crippen LogP contribution in [0.5, 0.6) is 0 Å². The highest BCUT2D eigenvalue weighted by atomic mass is 32.2. The summed E-state index contributed by atoms with van der Waals surface area (Å²) < 4.78 is 5.24. The van der Waals surface area contributed by atoms with Crippen LogP contribution in [0.4, 0.5) is 0 Å². The highest BCUT2D eigenvalue weighted by molar-refractivity contribution is 7.98. The van der Waals surface area contributed by atoms with Crippen LogP contribution in [0.3, 0.4) is 0 Å². The lowest BCUT2D eigenvalue weighted by molar-refractivity contribution is 0.0924. The lowest BCUT2D eigenvalue weighted by Gasteiger charge is -1.97. The number of carbonyl (C=O) groups is 1. The Balaban J connectivity index is 2.36. The van der Waals surface area contributed by atoms with Gasteiger partial charge in [0.05, 0.1) is 5.75 Å². The Morgan fingerprint density at radius 3 is 3.07 bits per heavy atom. The van der Waals surface area contributed by atoms with Crippen molar-refractivity contribution in [3.05, 3.63) is 23.7 Å². The average Bonchev–Trinajstić information content (AvgIpc) is 2.72. The second kappa shape index (κ2) is 6.49. The van der Waals surface area contributed by atoms with Crippen molar-refractivity contribution in [3.8, 4) is 0 Å². The molecule has 0 aromatic carbocycles. The quantitative estimate of drug-likeness (QED) is 0.286. The molecule has 0 unspecified atom stereocenters. The van der Waals surface area contributed by atoms with Gasteiger partial charge in [-0.1, -0.05) is 0 Å². The van der Waals surface area contributed by atoms with E-state index >= 15 is 0 Å². The molecule has 1 heterocycles. The summed E-state index contributed by atoms with van der Waals surface area (Å²) in [6, 6.07) is 3.33. The summed E-state index contributed by atoms with van der Waals surface area (Å²) in [6.45, 7) is 0.200. The minimum absolute atomic E-state index is 0.200. The van der Waals surface area contributed by atoms with E-state index in [4.69, 9.17) is 15.4 Å². The molecule has 1 amide bonds. The number of amides is 1. The maximum atomic E-state index is 11.0. The minimum Gasteiger partial charge on any atom is -0.455 e. The third-order valence-corrected chi connectivity index (χ3v) is 2.77. The van der Waals surface area contributed by atoms with Crippen LogP contribution in [0.2, 0.25) is 0 Å². The van der Waals surface area contributed by atoms with Crippen LogP contribution < -0.4 is 11.3 Å². The molecule has 6 heteroatoms. The number of hydrazine groups is 1. The molecule has 0 aliphatic carbocycles. The summed E-state index contributed by atoms with van der Waals surface area (Å²) in [5.41, 5.74) is 2.00. The van der Waals surface area contributed by atoms with Crippen molar-refractivity contribution < 1.29 is 14.3 Å². The van der Waals surface area contributed by atoms with Gasteiger partial charge in [-0.15, -0.1) is 0 Å². The summed E-state index contributed by atoms with van der Waals surface area (Å²) in [5.74, 6) is 7.05. The first-order chi connectivity index (χ1) is 7.27. The Hall–Kier alpha value is -0.980. The summed E-state index contributed by atoms with van der Waals surface area (Å²) in [5, 5.41) is 8.57. The fourth-order valence-electron chi connectivity index (χ4n) is 0.988. The highest BCUT2D eigenvalue weighted by Crippen LogP contribution is 2.15. The molecule has 1 aromatic heterocycles. The van der Waals surface area contributed by atoms with Crippen molar-refractivity contribution >= 4 is 17.7 Å². The molecule has 0 fully saturated rings. The monoisotopic (exact) mass is 230 g/mol. The number of aliphatic hydroxyl groups excluding tert-OH is 1. The summed E-state index contributed by atoms with van der Waals surface area (Å²) >= 11 is 1.65. The molecule has 0 aliphatic rings. The SMILES string of the molecule is NNC(=O)c1ccc(CSCCCO)o1. The average molecular weight is 230 g/mol. The molecule has 15 heavy (non-hydrogen) atoms. The second-order valence-electron chi connectivity index (χ2n) is 2.87. The topological polar surface area (TPSA) is 88.5 Å². The summed E-state index contributed by atoms with van der Waals surface area (Å²) in [4.78, 5) is 11.0. The van der Waals surface area contributed by atoms with Crippen LogP contribution in [0.25, 0.3) is 0 Å². The molecular weight excluding hydrogens is 216 g/mol. The zero-order valence-corrected chi connectivity index (χ0v) is 9.05. The van der Waals surface area contributed by atoms with Gasteiger partial charge in [0.25, 0.3) is 0 Å². The molecule has 5 nitrogen and oxygen atoms in total. The Labute approximate surface area is 92.0 Å². The van der Waals surface area contributed by atoms with E-state index in [1.165, 1.54) is 0 Å². The van der Waals surface area contributed by atoms with E-state index in [0.717, 1.165) is 17.9 Å². The molecule has 0 saturated carbocycles. The number of furan rings is 1. The fraction of sp³-hybridized carbons (Fsp3) is 0.444.